The van der Waals surface area contributed by atoms with Gasteiger partial charge in [-0.2, -0.15) is 0 Å². The molecule has 0 fully saturated rings. The second kappa shape index (κ2) is 30.9. The van der Waals surface area contributed by atoms with Crippen LogP contribution in [0.1, 0.15) is 131 Å². The van der Waals surface area contributed by atoms with E-state index in [-0.39, 0.29) is 88.6 Å². The van der Waals surface area contributed by atoms with Gasteiger partial charge in [0.15, 0.2) is 34.5 Å². The Bertz CT molecular complexity index is 4420. The summed E-state index contributed by atoms with van der Waals surface area (Å²) in [6.45, 7) is 5.89. The molecule has 12 rings (SSSR count). The van der Waals surface area contributed by atoms with Crippen LogP contribution in [0, 0.1) is 17.5 Å². The van der Waals surface area contributed by atoms with Crippen molar-refractivity contribution in [3.05, 3.63) is 229 Å². The summed E-state index contributed by atoms with van der Waals surface area (Å²) < 4.78 is 88.4. The van der Waals surface area contributed by atoms with E-state index in [1.54, 1.807) is 60.7 Å². The molecule has 0 atom stereocenters. The topological polar surface area (TPSA) is 245 Å². The number of ether oxygens (including phenoxy) is 6. The molecule has 0 radical (unpaired) electrons. The average molecular weight is 1330 g/mol. The van der Waals surface area contributed by atoms with E-state index >= 15 is 0 Å². The van der Waals surface area contributed by atoms with Crippen LogP contribution in [0.15, 0.2) is 158 Å². The van der Waals surface area contributed by atoms with Gasteiger partial charge in [-0.1, -0.05) is 33.7 Å². The molecule has 3 heterocycles. The predicted octanol–water partition coefficient (Wildman–Crippen LogP) is 16.4. The van der Waals surface area contributed by atoms with E-state index in [1.807, 2.05) is 39.0 Å². The minimum absolute atomic E-state index is 0.0348. The van der Waals surface area contributed by atoms with Crippen LogP contribution in [-0.4, -0.2) is 90.8 Å². The van der Waals surface area contributed by atoms with E-state index in [0.717, 1.165) is 106 Å². The highest BCUT2D eigenvalue weighted by molar-refractivity contribution is 6.08. The number of ketones is 3. The third kappa shape index (κ3) is 15.4. The van der Waals surface area contributed by atoms with Gasteiger partial charge in [0.2, 0.25) is 28.8 Å². The van der Waals surface area contributed by atoms with Crippen molar-refractivity contribution in [1.82, 2.24) is 15.5 Å². The first-order valence-electron chi connectivity index (χ1n) is 31.0. The number of rotatable bonds is 23. The number of carbonyl (C=O) groups excluding carboxylic acids is 3. The third-order valence-corrected chi connectivity index (χ3v) is 17.2. The molecule has 0 saturated carbocycles. The van der Waals surface area contributed by atoms with Crippen LogP contribution in [0.3, 0.4) is 0 Å². The first-order valence-corrected chi connectivity index (χ1v) is 31.0. The maximum Gasteiger partial charge on any atom is 0.202 e. The third-order valence-electron chi connectivity index (χ3n) is 17.2. The first kappa shape index (κ1) is 69.2. The minimum atomic E-state index is -0.343. The van der Waals surface area contributed by atoms with E-state index in [4.69, 9.17) is 42.0 Å². The van der Waals surface area contributed by atoms with Crippen molar-refractivity contribution in [1.29, 1.82) is 0 Å². The summed E-state index contributed by atoms with van der Waals surface area (Å²) >= 11 is 0. The minimum Gasteiger partial charge on any atom is -0.502 e. The van der Waals surface area contributed by atoms with E-state index < -0.39 is 0 Å². The second-order valence-corrected chi connectivity index (χ2v) is 23.1. The number of allylic oxidation sites excluding steroid dienone is 9. The zero-order chi connectivity index (χ0) is 69.9. The smallest absolute Gasteiger partial charge is 0.202 e. The molecule has 0 bridgehead atoms. The van der Waals surface area contributed by atoms with Crippen molar-refractivity contribution in [3.63, 3.8) is 0 Å². The maximum atomic E-state index is 14.1. The maximum absolute atomic E-state index is 14.1. The number of aromatic hydroxyl groups is 3. The number of Topliss-reactive ketones (excluding diaryl/α,β-unsaturated/α-hetero) is 3. The summed E-state index contributed by atoms with van der Waals surface area (Å²) in [5, 5.41) is 41.6. The van der Waals surface area contributed by atoms with Gasteiger partial charge < -0.3 is 57.3 Å². The van der Waals surface area contributed by atoms with Crippen LogP contribution in [0.5, 0.6) is 51.7 Å². The lowest BCUT2D eigenvalue weighted by Gasteiger charge is -2.11. The van der Waals surface area contributed by atoms with Crippen LogP contribution in [-0.2, 0) is 22.4 Å². The predicted molar refractivity (Wildman–Crippen MR) is 363 cm³/mol. The molecule has 0 saturated heterocycles. The number of benzene rings is 6. The number of carbonyl (C=O) groups is 3. The number of aromatic nitrogens is 3. The Morgan fingerprint density at radius 2 is 0.837 bits per heavy atom. The Hall–Kier alpha value is -11.6. The lowest BCUT2D eigenvalue weighted by Crippen LogP contribution is -2.03. The molecular weight excluding hydrogens is 1260 g/mol. The van der Waals surface area contributed by atoms with Crippen LogP contribution < -0.4 is 28.4 Å². The average Bonchev–Trinajstić information content (AvgIpc) is 1.62. The zero-order valence-corrected chi connectivity index (χ0v) is 55.2. The summed E-state index contributed by atoms with van der Waals surface area (Å²) in [5.74, 6) is 0.643. The molecule has 0 spiro atoms. The van der Waals surface area contributed by atoms with Gasteiger partial charge in [0.1, 0.15) is 41.5 Å². The number of hydrogen-bond donors (Lipinski definition) is 3. The van der Waals surface area contributed by atoms with Crippen molar-refractivity contribution in [2.75, 3.05) is 42.7 Å². The van der Waals surface area contributed by atoms with Crippen molar-refractivity contribution in [3.8, 4) is 51.7 Å². The van der Waals surface area contributed by atoms with E-state index in [9.17, 15) is 42.9 Å². The normalized spacial score (nSPS) is 14.0. The Balaban J connectivity index is 0.000000159. The summed E-state index contributed by atoms with van der Waals surface area (Å²) in [7, 11) is 8.82. The van der Waals surface area contributed by atoms with Gasteiger partial charge in [-0.15, -0.1) is 0 Å². The summed E-state index contributed by atoms with van der Waals surface area (Å²) in [5.41, 5.74) is 17.0. The molecule has 3 aromatic heterocycles. The molecule has 3 aliphatic rings. The Kier molecular flexibility index (Phi) is 21.8. The van der Waals surface area contributed by atoms with Crippen molar-refractivity contribution in [2.45, 2.75) is 72.1 Å². The molecular formula is C77H70F3N3O15. The largest absolute Gasteiger partial charge is 0.502 e. The lowest BCUT2D eigenvalue weighted by atomic mass is 9.98. The highest BCUT2D eigenvalue weighted by Gasteiger charge is 2.29. The summed E-state index contributed by atoms with van der Waals surface area (Å²) in [4.78, 5) is 37.3. The van der Waals surface area contributed by atoms with Gasteiger partial charge in [-0.3, -0.25) is 14.4 Å². The second-order valence-electron chi connectivity index (χ2n) is 23.1. The molecule has 9 aromatic rings. The molecule has 0 amide bonds. The molecule has 18 nitrogen and oxygen atoms in total. The molecule has 0 aliphatic heterocycles. The molecule has 3 N–H and O–H groups in total. The van der Waals surface area contributed by atoms with Crippen molar-refractivity contribution < 1.29 is 84.9 Å². The van der Waals surface area contributed by atoms with E-state index in [2.05, 4.69) is 15.5 Å². The standard InChI is InChI=1S/2C26H24FNO5.C25H22FNO5/c1-15-20(7-5-19(29)8-17-13-28-33-14-17)23-12-18(27)4-6-21(23)22(15)9-16-10-24(31-2)26(30)25(11-16)32-3;1-15-20(7-5-19(29)14-18-8-9-33-28-18)23-13-17(27)4-6-21(23)22(15)10-16-11-24(31-2)26(30)25(12-16)32-3;1-14-17(6-7-21(28)22-8-9-27-32-22)20-13-16(26)4-5-18(20)19(14)10-15-11-23(30-2)25(29)24(12-15)31-3/h4,6,9-14,30H,5,7-8H2,1-3H3;4,6,8-13,30H,5,7,14H2,1-3H3;4-5,8-13,29H,6-7H2,1-3H3/b22-9-;22-10-;19-10-. The lowest BCUT2D eigenvalue weighted by molar-refractivity contribution is -0.119. The number of nitrogens with zero attached hydrogens (tertiary/aromatic N) is 3. The molecule has 504 valence electrons. The zero-order valence-electron chi connectivity index (χ0n) is 55.2. The number of hydrogen-bond acceptors (Lipinski definition) is 18. The number of phenolic OH excluding ortho intramolecular Hbond substituents is 3. The SMILES string of the molecule is COc1cc(/C=C2/C(C)=C(CCC(=O)Cc3ccon3)c3cc(F)ccc32)cc(OC)c1O.COc1cc(/C=C2/C(C)=C(CCC(=O)Cc3cnoc3)c3cc(F)ccc32)cc(OC)c1O.COc1cc(/C=C2/C(C)=C(CCC(=O)c3ccno3)c3cc(F)ccc32)cc(OC)c1O. The van der Waals surface area contributed by atoms with Gasteiger partial charge in [-0.25, -0.2) is 13.2 Å². The van der Waals surface area contributed by atoms with Crippen LogP contribution >= 0.6 is 0 Å². The van der Waals surface area contributed by atoms with Crippen LogP contribution in [0.4, 0.5) is 13.2 Å². The number of halogens is 3. The van der Waals surface area contributed by atoms with Gasteiger partial charge in [0.25, 0.3) is 0 Å². The van der Waals surface area contributed by atoms with Crippen LogP contribution in [0.2, 0.25) is 0 Å². The Morgan fingerprint density at radius 3 is 1.16 bits per heavy atom. The monoisotopic (exact) mass is 1330 g/mol. The van der Waals surface area contributed by atoms with E-state index in [0.29, 0.717) is 60.8 Å². The van der Waals surface area contributed by atoms with Gasteiger partial charge in [-0.05, 0) is 231 Å². The van der Waals surface area contributed by atoms with Crippen LogP contribution in [0.25, 0.3) is 51.7 Å². The quantitative estimate of drug-likeness (QED) is 0.0504. The first-order chi connectivity index (χ1) is 47.2. The molecule has 21 heteroatoms. The highest BCUT2D eigenvalue weighted by atomic mass is 19.1. The van der Waals surface area contributed by atoms with Gasteiger partial charge in [0.05, 0.1) is 67.2 Å². The number of methoxy groups -OCH3 is 6. The fourth-order valence-electron chi connectivity index (χ4n) is 12.2. The molecule has 98 heavy (non-hydrogen) atoms. The number of phenols is 3. The fourth-order valence-corrected chi connectivity index (χ4v) is 12.2. The van der Waals surface area contributed by atoms with Crippen molar-refractivity contribution in [2.24, 2.45) is 0 Å². The highest BCUT2D eigenvalue weighted by Crippen LogP contribution is 2.50. The molecule has 6 aromatic carbocycles. The molecule has 0 unspecified atom stereocenters. The Morgan fingerprint density at radius 1 is 0.459 bits per heavy atom. The fraction of sp³-hybridized carbons (Fsp3) is 0.221. The van der Waals surface area contributed by atoms with Crippen molar-refractivity contribution >= 4 is 69.0 Å². The summed E-state index contributed by atoms with van der Waals surface area (Å²) in [6.07, 6.45) is 14.4. The van der Waals surface area contributed by atoms with Gasteiger partial charge >= 0.3 is 0 Å². The molecule has 3 aliphatic carbocycles. The summed E-state index contributed by atoms with van der Waals surface area (Å²) in [6, 6.07) is 27.5. The number of fused-ring (bicyclic) bond motifs is 3. The van der Waals surface area contributed by atoms with E-state index in [1.165, 1.54) is 110 Å². The Labute approximate surface area is 562 Å². The van der Waals surface area contributed by atoms with Gasteiger partial charge in [0, 0.05) is 43.4 Å².